The normalized spacial score (nSPS) is 13.2. The van der Waals surface area contributed by atoms with Gasteiger partial charge in [-0.2, -0.15) is 0 Å². The van der Waals surface area contributed by atoms with Gasteiger partial charge in [-0.15, -0.1) is 11.3 Å². The molecular formula is C25H29N3O2S. The molecule has 2 heterocycles. The van der Waals surface area contributed by atoms with Crippen molar-refractivity contribution in [3.8, 4) is 5.75 Å². The largest absolute Gasteiger partial charge is 0.493 e. The fourth-order valence-corrected chi connectivity index (χ4v) is 4.63. The fourth-order valence-electron chi connectivity index (χ4n) is 3.65. The molecule has 0 bridgehead atoms. The van der Waals surface area contributed by atoms with Gasteiger partial charge in [0.25, 0.3) is 5.91 Å². The van der Waals surface area contributed by atoms with E-state index in [4.69, 9.17) is 4.74 Å². The van der Waals surface area contributed by atoms with Crippen molar-refractivity contribution in [1.82, 2.24) is 10.3 Å². The molecule has 0 aliphatic carbocycles. The summed E-state index contributed by atoms with van der Waals surface area (Å²) < 4.78 is 6.00. The van der Waals surface area contributed by atoms with E-state index in [9.17, 15) is 4.79 Å². The van der Waals surface area contributed by atoms with E-state index in [0.717, 1.165) is 47.8 Å². The molecule has 6 heteroatoms. The van der Waals surface area contributed by atoms with E-state index in [1.54, 1.807) is 0 Å². The maximum atomic E-state index is 12.8. The Kier molecular flexibility index (Phi) is 6.68. The first-order valence-electron chi connectivity index (χ1n) is 10.8. The Bertz CT molecular complexity index is 1070. The number of fused-ring (bicyclic) bond motifs is 1. The third kappa shape index (κ3) is 5.32. The van der Waals surface area contributed by atoms with Crippen LogP contribution in [0.2, 0.25) is 0 Å². The fraction of sp³-hybridized carbons (Fsp3) is 0.360. The monoisotopic (exact) mass is 435 g/mol. The number of carbonyl (C=O) groups excluding carboxylic acids is 1. The van der Waals surface area contributed by atoms with E-state index < -0.39 is 0 Å². The SMILES string of the molecule is Cc1nc(NC(=O)c2ccc3c(c2)CCNC3)sc1Cc1ccccc1OCC(C)C. The van der Waals surface area contributed by atoms with Crippen LogP contribution in [-0.4, -0.2) is 24.0 Å². The molecule has 31 heavy (non-hydrogen) atoms. The van der Waals surface area contributed by atoms with Gasteiger partial charge in [0.2, 0.25) is 0 Å². The van der Waals surface area contributed by atoms with E-state index in [1.807, 2.05) is 43.3 Å². The average molecular weight is 436 g/mol. The average Bonchev–Trinajstić information content (AvgIpc) is 3.11. The van der Waals surface area contributed by atoms with Gasteiger partial charge in [-0.05, 0) is 60.7 Å². The summed E-state index contributed by atoms with van der Waals surface area (Å²) in [6.45, 7) is 8.79. The van der Waals surface area contributed by atoms with Crippen LogP contribution in [-0.2, 0) is 19.4 Å². The Morgan fingerprint density at radius 2 is 2.06 bits per heavy atom. The Morgan fingerprint density at radius 3 is 2.90 bits per heavy atom. The molecule has 5 nitrogen and oxygen atoms in total. The Labute approximate surface area is 187 Å². The summed E-state index contributed by atoms with van der Waals surface area (Å²) >= 11 is 1.53. The Balaban J connectivity index is 1.47. The molecule has 2 N–H and O–H groups in total. The number of thiazole rings is 1. The predicted octanol–water partition coefficient (Wildman–Crippen LogP) is 4.98. The van der Waals surface area contributed by atoms with Gasteiger partial charge in [-0.3, -0.25) is 10.1 Å². The lowest BCUT2D eigenvalue weighted by atomic mass is 9.98. The van der Waals surface area contributed by atoms with Gasteiger partial charge in [0.15, 0.2) is 5.13 Å². The summed E-state index contributed by atoms with van der Waals surface area (Å²) in [7, 11) is 0. The van der Waals surface area contributed by atoms with Crippen LogP contribution >= 0.6 is 11.3 Å². The van der Waals surface area contributed by atoms with Gasteiger partial charge < -0.3 is 10.1 Å². The van der Waals surface area contributed by atoms with Gasteiger partial charge in [0, 0.05) is 23.4 Å². The van der Waals surface area contributed by atoms with Crippen LogP contribution in [0.3, 0.4) is 0 Å². The van der Waals surface area contributed by atoms with Crippen molar-refractivity contribution in [2.45, 2.75) is 40.2 Å². The molecule has 1 aliphatic rings. The summed E-state index contributed by atoms with van der Waals surface area (Å²) in [4.78, 5) is 18.5. The van der Waals surface area contributed by atoms with E-state index in [-0.39, 0.29) is 5.91 Å². The minimum Gasteiger partial charge on any atom is -0.493 e. The van der Waals surface area contributed by atoms with Gasteiger partial charge in [0.1, 0.15) is 5.75 Å². The number of carbonyl (C=O) groups is 1. The van der Waals surface area contributed by atoms with Crippen LogP contribution in [0.4, 0.5) is 5.13 Å². The summed E-state index contributed by atoms with van der Waals surface area (Å²) in [5.74, 6) is 1.28. The van der Waals surface area contributed by atoms with Gasteiger partial charge in [0.05, 0.1) is 12.3 Å². The van der Waals surface area contributed by atoms with E-state index in [0.29, 0.717) is 23.2 Å². The molecule has 0 spiro atoms. The standard InChI is InChI=1S/C25H29N3O2S/c1-16(2)15-30-22-7-5-4-6-19(22)13-23-17(3)27-25(31-23)28-24(29)20-8-9-21-14-26-11-10-18(21)12-20/h4-9,12,16,26H,10-11,13-15H2,1-3H3,(H,27,28,29). The van der Waals surface area contributed by atoms with Crippen LogP contribution in [0.1, 0.15) is 51.5 Å². The smallest absolute Gasteiger partial charge is 0.257 e. The zero-order chi connectivity index (χ0) is 21.8. The number of nitrogens with one attached hydrogen (secondary N) is 2. The maximum absolute atomic E-state index is 12.8. The highest BCUT2D eigenvalue weighted by molar-refractivity contribution is 7.15. The molecule has 162 valence electrons. The second-order valence-electron chi connectivity index (χ2n) is 8.38. The quantitative estimate of drug-likeness (QED) is 0.550. The number of nitrogens with zero attached hydrogens (tertiary/aromatic N) is 1. The number of amides is 1. The molecule has 0 atom stereocenters. The summed E-state index contributed by atoms with van der Waals surface area (Å²) in [5.41, 5.74) is 5.28. The van der Waals surface area contributed by atoms with Crippen LogP contribution in [0, 0.1) is 12.8 Å². The molecule has 0 saturated carbocycles. The summed E-state index contributed by atoms with van der Waals surface area (Å²) in [6, 6.07) is 14.1. The molecule has 1 aromatic heterocycles. The molecule has 3 aromatic rings. The second-order valence-corrected chi connectivity index (χ2v) is 9.46. The third-order valence-corrected chi connectivity index (χ3v) is 6.44. The van der Waals surface area contributed by atoms with E-state index >= 15 is 0 Å². The minimum absolute atomic E-state index is 0.109. The number of aryl methyl sites for hydroxylation is 1. The van der Waals surface area contributed by atoms with Crippen molar-refractivity contribution >= 4 is 22.4 Å². The first-order chi connectivity index (χ1) is 15.0. The number of para-hydroxylation sites is 1. The van der Waals surface area contributed by atoms with Crippen molar-refractivity contribution in [2.75, 3.05) is 18.5 Å². The van der Waals surface area contributed by atoms with Crippen LogP contribution in [0.25, 0.3) is 0 Å². The molecule has 2 aromatic carbocycles. The third-order valence-electron chi connectivity index (χ3n) is 5.36. The molecular weight excluding hydrogens is 406 g/mol. The lowest BCUT2D eigenvalue weighted by Crippen LogP contribution is -2.24. The van der Waals surface area contributed by atoms with Crippen molar-refractivity contribution in [3.05, 3.63) is 75.3 Å². The number of hydrogen-bond acceptors (Lipinski definition) is 5. The first kappa shape index (κ1) is 21.5. The molecule has 4 rings (SSSR count). The number of ether oxygens (including phenoxy) is 1. The topological polar surface area (TPSA) is 63.2 Å². The highest BCUT2D eigenvalue weighted by Gasteiger charge is 2.16. The molecule has 0 fully saturated rings. The number of anilines is 1. The zero-order valence-electron chi connectivity index (χ0n) is 18.3. The maximum Gasteiger partial charge on any atom is 0.257 e. The van der Waals surface area contributed by atoms with Crippen molar-refractivity contribution < 1.29 is 9.53 Å². The van der Waals surface area contributed by atoms with Gasteiger partial charge >= 0.3 is 0 Å². The number of benzene rings is 2. The number of rotatable bonds is 7. The predicted molar refractivity (Wildman–Crippen MR) is 126 cm³/mol. The van der Waals surface area contributed by atoms with Crippen molar-refractivity contribution in [3.63, 3.8) is 0 Å². The summed E-state index contributed by atoms with van der Waals surface area (Å²) in [5, 5.41) is 6.98. The highest BCUT2D eigenvalue weighted by Crippen LogP contribution is 2.29. The molecule has 0 saturated heterocycles. The van der Waals surface area contributed by atoms with Crippen molar-refractivity contribution in [1.29, 1.82) is 0 Å². The lowest BCUT2D eigenvalue weighted by molar-refractivity contribution is 0.102. The van der Waals surface area contributed by atoms with Crippen molar-refractivity contribution in [2.24, 2.45) is 5.92 Å². The lowest BCUT2D eigenvalue weighted by Gasteiger charge is -2.17. The molecule has 1 amide bonds. The number of hydrogen-bond donors (Lipinski definition) is 2. The first-order valence-corrected chi connectivity index (χ1v) is 11.6. The zero-order valence-corrected chi connectivity index (χ0v) is 19.1. The Hall–Kier alpha value is -2.70. The van der Waals surface area contributed by atoms with Gasteiger partial charge in [-0.1, -0.05) is 38.1 Å². The van der Waals surface area contributed by atoms with E-state index in [1.165, 1.54) is 22.5 Å². The summed E-state index contributed by atoms with van der Waals surface area (Å²) in [6.07, 6.45) is 1.69. The molecule has 1 aliphatic heterocycles. The minimum atomic E-state index is -0.109. The Morgan fingerprint density at radius 1 is 1.23 bits per heavy atom. The van der Waals surface area contributed by atoms with E-state index in [2.05, 4.69) is 35.5 Å². The van der Waals surface area contributed by atoms with Crippen LogP contribution < -0.4 is 15.4 Å². The van der Waals surface area contributed by atoms with Crippen LogP contribution in [0.5, 0.6) is 5.75 Å². The molecule has 0 unspecified atom stereocenters. The second kappa shape index (κ2) is 9.62. The number of aromatic nitrogens is 1. The van der Waals surface area contributed by atoms with Gasteiger partial charge in [-0.25, -0.2) is 4.98 Å². The molecule has 0 radical (unpaired) electrons. The highest BCUT2D eigenvalue weighted by atomic mass is 32.1. The van der Waals surface area contributed by atoms with Crippen LogP contribution in [0.15, 0.2) is 42.5 Å².